The number of halogens is 2. The number of benzene rings is 1. The maximum absolute atomic E-state index is 13.7. The molecule has 1 aromatic carbocycles. The standard InChI is InChI=1S/C12H17ClFNO/c1-9(6-7-13)15-8-10-4-3-5-11(16-2)12(10)14/h3-5,9,15H,6-8H2,1-2H3. The highest BCUT2D eigenvalue weighted by Gasteiger charge is 2.08. The Morgan fingerprint density at radius 1 is 1.50 bits per heavy atom. The molecule has 0 radical (unpaired) electrons. The van der Waals surface area contributed by atoms with Gasteiger partial charge >= 0.3 is 0 Å². The second-order valence-corrected chi connectivity index (χ2v) is 4.07. The second-order valence-electron chi connectivity index (χ2n) is 3.69. The SMILES string of the molecule is COc1cccc(CNC(C)CCCl)c1F. The van der Waals surface area contributed by atoms with Crippen molar-refractivity contribution in [1.82, 2.24) is 5.32 Å². The predicted octanol–water partition coefficient (Wildman–Crippen LogP) is 2.94. The van der Waals surface area contributed by atoms with Crippen molar-refractivity contribution in [2.24, 2.45) is 0 Å². The van der Waals surface area contributed by atoms with Crippen LogP contribution in [0.15, 0.2) is 18.2 Å². The Morgan fingerprint density at radius 2 is 2.25 bits per heavy atom. The smallest absolute Gasteiger partial charge is 0.169 e. The third-order valence-electron chi connectivity index (χ3n) is 2.45. The Kier molecular flexibility index (Phi) is 5.56. The first-order valence-corrected chi connectivity index (χ1v) is 5.83. The summed E-state index contributed by atoms with van der Waals surface area (Å²) in [5, 5.41) is 3.21. The molecule has 1 atom stereocenters. The fourth-order valence-corrected chi connectivity index (χ4v) is 1.73. The van der Waals surface area contributed by atoms with Crippen molar-refractivity contribution in [1.29, 1.82) is 0 Å². The van der Waals surface area contributed by atoms with Crippen LogP contribution in [0, 0.1) is 5.82 Å². The number of methoxy groups -OCH3 is 1. The summed E-state index contributed by atoms with van der Waals surface area (Å²) < 4.78 is 18.6. The summed E-state index contributed by atoms with van der Waals surface area (Å²) in [7, 11) is 1.46. The average Bonchev–Trinajstić information content (AvgIpc) is 2.28. The summed E-state index contributed by atoms with van der Waals surface area (Å²) in [6.07, 6.45) is 0.868. The highest BCUT2D eigenvalue weighted by Crippen LogP contribution is 2.19. The largest absolute Gasteiger partial charge is 0.494 e. The summed E-state index contributed by atoms with van der Waals surface area (Å²) in [5.74, 6) is 0.592. The first kappa shape index (κ1) is 13.3. The van der Waals surface area contributed by atoms with Gasteiger partial charge in [-0.25, -0.2) is 4.39 Å². The normalized spacial score (nSPS) is 12.5. The lowest BCUT2D eigenvalue weighted by Crippen LogP contribution is -2.26. The van der Waals surface area contributed by atoms with E-state index in [2.05, 4.69) is 5.32 Å². The van der Waals surface area contributed by atoms with E-state index in [1.807, 2.05) is 6.92 Å². The van der Waals surface area contributed by atoms with Gasteiger partial charge in [0, 0.05) is 24.0 Å². The van der Waals surface area contributed by atoms with Crippen LogP contribution in [0.1, 0.15) is 18.9 Å². The van der Waals surface area contributed by atoms with Crippen molar-refractivity contribution in [3.63, 3.8) is 0 Å². The zero-order valence-corrected chi connectivity index (χ0v) is 10.4. The summed E-state index contributed by atoms with van der Waals surface area (Å²) in [4.78, 5) is 0. The van der Waals surface area contributed by atoms with Crippen LogP contribution in [0.5, 0.6) is 5.75 Å². The number of nitrogens with one attached hydrogen (secondary N) is 1. The number of alkyl halides is 1. The van der Waals surface area contributed by atoms with Crippen molar-refractivity contribution < 1.29 is 9.13 Å². The van der Waals surface area contributed by atoms with Crippen LogP contribution in [0.3, 0.4) is 0 Å². The number of ether oxygens (including phenoxy) is 1. The fraction of sp³-hybridized carbons (Fsp3) is 0.500. The minimum absolute atomic E-state index is 0.281. The number of hydrogen-bond donors (Lipinski definition) is 1. The zero-order valence-electron chi connectivity index (χ0n) is 9.59. The molecule has 1 unspecified atom stereocenters. The molecule has 0 amide bonds. The van der Waals surface area contributed by atoms with Crippen molar-refractivity contribution in [2.45, 2.75) is 25.9 Å². The Labute approximate surface area is 101 Å². The molecule has 0 saturated heterocycles. The van der Waals surface area contributed by atoms with Gasteiger partial charge in [-0.2, -0.15) is 0 Å². The molecular weight excluding hydrogens is 229 g/mol. The Morgan fingerprint density at radius 3 is 2.88 bits per heavy atom. The van der Waals surface area contributed by atoms with Crippen LogP contribution in [0.4, 0.5) is 4.39 Å². The molecule has 0 saturated carbocycles. The monoisotopic (exact) mass is 245 g/mol. The summed E-state index contributed by atoms with van der Waals surface area (Å²) in [5.41, 5.74) is 0.612. The van der Waals surface area contributed by atoms with E-state index < -0.39 is 0 Å². The molecule has 1 N–H and O–H groups in total. The minimum Gasteiger partial charge on any atom is -0.494 e. The average molecular weight is 246 g/mol. The van der Waals surface area contributed by atoms with Gasteiger partial charge in [-0.1, -0.05) is 12.1 Å². The number of rotatable bonds is 6. The minimum atomic E-state index is -0.296. The van der Waals surface area contributed by atoms with Gasteiger partial charge in [-0.05, 0) is 19.4 Å². The van der Waals surface area contributed by atoms with Crippen LogP contribution in [-0.2, 0) is 6.54 Å². The summed E-state index contributed by atoms with van der Waals surface area (Å²) >= 11 is 5.62. The van der Waals surface area contributed by atoms with Crippen molar-refractivity contribution in [3.05, 3.63) is 29.6 Å². The fourth-order valence-electron chi connectivity index (χ4n) is 1.40. The van der Waals surface area contributed by atoms with Gasteiger partial charge in [0.15, 0.2) is 11.6 Å². The lowest BCUT2D eigenvalue weighted by Gasteiger charge is -2.13. The molecule has 0 heterocycles. The summed E-state index contributed by atoms with van der Waals surface area (Å²) in [6.45, 7) is 2.52. The van der Waals surface area contributed by atoms with E-state index in [1.54, 1.807) is 18.2 Å². The number of hydrogen-bond acceptors (Lipinski definition) is 2. The molecule has 2 nitrogen and oxygen atoms in total. The Hall–Kier alpha value is -0.800. The van der Waals surface area contributed by atoms with Crippen LogP contribution in [0.2, 0.25) is 0 Å². The van der Waals surface area contributed by atoms with Gasteiger partial charge < -0.3 is 10.1 Å². The van der Waals surface area contributed by atoms with E-state index in [0.717, 1.165) is 6.42 Å². The van der Waals surface area contributed by atoms with Gasteiger partial charge in [0.2, 0.25) is 0 Å². The molecule has 0 spiro atoms. The van der Waals surface area contributed by atoms with Crippen LogP contribution >= 0.6 is 11.6 Å². The van der Waals surface area contributed by atoms with E-state index in [4.69, 9.17) is 16.3 Å². The topological polar surface area (TPSA) is 21.3 Å². The van der Waals surface area contributed by atoms with Gasteiger partial charge in [0.1, 0.15) is 0 Å². The molecular formula is C12H17ClFNO. The van der Waals surface area contributed by atoms with E-state index in [9.17, 15) is 4.39 Å². The van der Waals surface area contributed by atoms with Crippen LogP contribution < -0.4 is 10.1 Å². The van der Waals surface area contributed by atoms with E-state index in [0.29, 0.717) is 18.0 Å². The molecule has 0 fully saturated rings. The van der Waals surface area contributed by atoms with Crippen LogP contribution in [-0.4, -0.2) is 19.0 Å². The predicted molar refractivity (Wildman–Crippen MR) is 64.6 cm³/mol. The quantitative estimate of drug-likeness (QED) is 0.778. The van der Waals surface area contributed by atoms with Crippen molar-refractivity contribution in [3.8, 4) is 5.75 Å². The van der Waals surface area contributed by atoms with Crippen LogP contribution in [0.25, 0.3) is 0 Å². The van der Waals surface area contributed by atoms with Crippen molar-refractivity contribution >= 4 is 11.6 Å². The van der Waals surface area contributed by atoms with E-state index in [1.165, 1.54) is 7.11 Å². The molecule has 0 aromatic heterocycles. The first-order chi connectivity index (χ1) is 7.69. The highest BCUT2D eigenvalue weighted by atomic mass is 35.5. The molecule has 0 aliphatic heterocycles. The zero-order chi connectivity index (χ0) is 12.0. The molecule has 0 bridgehead atoms. The highest BCUT2D eigenvalue weighted by molar-refractivity contribution is 6.17. The second kappa shape index (κ2) is 6.71. The molecule has 90 valence electrons. The van der Waals surface area contributed by atoms with E-state index in [-0.39, 0.29) is 17.6 Å². The lowest BCUT2D eigenvalue weighted by molar-refractivity contribution is 0.382. The van der Waals surface area contributed by atoms with Crippen molar-refractivity contribution in [2.75, 3.05) is 13.0 Å². The summed E-state index contributed by atoms with van der Waals surface area (Å²) in [6, 6.07) is 5.42. The van der Waals surface area contributed by atoms with Gasteiger partial charge in [0.25, 0.3) is 0 Å². The van der Waals surface area contributed by atoms with Gasteiger partial charge in [0.05, 0.1) is 7.11 Å². The third kappa shape index (κ3) is 3.65. The molecule has 4 heteroatoms. The first-order valence-electron chi connectivity index (χ1n) is 5.29. The lowest BCUT2D eigenvalue weighted by atomic mass is 10.1. The maximum Gasteiger partial charge on any atom is 0.169 e. The Balaban J connectivity index is 2.60. The molecule has 16 heavy (non-hydrogen) atoms. The van der Waals surface area contributed by atoms with Gasteiger partial charge in [-0.15, -0.1) is 11.6 Å². The molecule has 1 aromatic rings. The molecule has 0 aliphatic rings. The maximum atomic E-state index is 13.7. The van der Waals surface area contributed by atoms with Gasteiger partial charge in [-0.3, -0.25) is 0 Å². The Bertz CT molecular complexity index is 333. The molecule has 1 rings (SSSR count). The molecule has 0 aliphatic carbocycles. The third-order valence-corrected chi connectivity index (χ3v) is 2.66. The van der Waals surface area contributed by atoms with E-state index >= 15 is 0 Å².